The molecule has 6 heteroatoms. The van der Waals surface area contributed by atoms with Crippen molar-refractivity contribution >= 4 is 11.8 Å². The molecule has 0 aliphatic carbocycles. The lowest BCUT2D eigenvalue weighted by Gasteiger charge is -2.33. The van der Waals surface area contributed by atoms with Gasteiger partial charge in [-0.2, -0.15) is 0 Å². The number of anilines is 1. The fraction of sp³-hybridized carbons (Fsp3) is 0.500. The Morgan fingerprint density at radius 3 is 2.68 bits per heavy atom. The average molecular weight is 382 g/mol. The SMILES string of the molecule is CCCCNC(=O)N1CCc2nc(-c3ccccc3)nc(N(C)C(C)C)c2C1. The van der Waals surface area contributed by atoms with Crippen LogP contribution >= 0.6 is 0 Å². The molecule has 2 aromatic rings. The second-order valence-corrected chi connectivity index (χ2v) is 7.62. The zero-order valence-corrected chi connectivity index (χ0v) is 17.4. The maximum Gasteiger partial charge on any atom is 0.317 e. The molecule has 2 amide bonds. The summed E-state index contributed by atoms with van der Waals surface area (Å²) in [5.41, 5.74) is 3.13. The maximum absolute atomic E-state index is 12.5. The molecule has 1 aromatic carbocycles. The molecule has 1 aliphatic rings. The lowest BCUT2D eigenvalue weighted by atomic mass is 10.0. The first kappa shape index (κ1) is 20.1. The van der Waals surface area contributed by atoms with Crippen molar-refractivity contribution in [3.05, 3.63) is 41.6 Å². The summed E-state index contributed by atoms with van der Waals surface area (Å²) in [5, 5.41) is 3.03. The van der Waals surface area contributed by atoms with Crippen molar-refractivity contribution < 1.29 is 4.79 Å². The zero-order valence-electron chi connectivity index (χ0n) is 17.4. The fourth-order valence-corrected chi connectivity index (χ4v) is 3.31. The summed E-state index contributed by atoms with van der Waals surface area (Å²) in [6.07, 6.45) is 2.82. The van der Waals surface area contributed by atoms with Crippen molar-refractivity contribution in [2.45, 2.75) is 52.6 Å². The first-order valence-electron chi connectivity index (χ1n) is 10.2. The van der Waals surface area contributed by atoms with Gasteiger partial charge >= 0.3 is 6.03 Å². The Bertz CT molecular complexity index is 806. The van der Waals surface area contributed by atoms with E-state index >= 15 is 0 Å². The third-order valence-electron chi connectivity index (χ3n) is 5.27. The van der Waals surface area contributed by atoms with Gasteiger partial charge in [0.15, 0.2) is 5.82 Å². The van der Waals surface area contributed by atoms with E-state index in [1.165, 1.54) is 0 Å². The van der Waals surface area contributed by atoms with Gasteiger partial charge in [0, 0.05) is 43.7 Å². The Kier molecular flexibility index (Phi) is 6.49. The molecule has 150 valence electrons. The van der Waals surface area contributed by atoms with Gasteiger partial charge in [0.1, 0.15) is 5.82 Å². The minimum absolute atomic E-state index is 0.00406. The van der Waals surface area contributed by atoms with Crippen LogP contribution in [0.25, 0.3) is 11.4 Å². The summed E-state index contributed by atoms with van der Waals surface area (Å²) in [6, 6.07) is 10.4. The number of carbonyl (C=O) groups is 1. The number of rotatable bonds is 6. The summed E-state index contributed by atoms with van der Waals surface area (Å²) >= 11 is 0. The Hall–Kier alpha value is -2.63. The van der Waals surface area contributed by atoms with Gasteiger partial charge in [-0.05, 0) is 20.3 Å². The third-order valence-corrected chi connectivity index (χ3v) is 5.27. The highest BCUT2D eigenvalue weighted by Crippen LogP contribution is 2.30. The van der Waals surface area contributed by atoms with Gasteiger partial charge in [0.25, 0.3) is 0 Å². The number of hydrogen-bond acceptors (Lipinski definition) is 4. The van der Waals surface area contributed by atoms with Crippen LogP contribution in [-0.4, -0.2) is 47.1 Å². The van der Waals surface area contributed by atoms with Crippen molar-refractivity contribution in [3.63, 3.8) is 0 Å². The minimum atomic E-state index is 0.00406. The fourth-order valence-electron chi connectivity index (χ4n) is 3.31. The first-order valence-corrected chi connectivity index (χ1v) is 10.2. The van der Waals surface area contributed by atoms with Gasteiger partial charge < -0.3 is 15.1 Å². The van der Waals surface area contributed by atoms with Crippen LogP contribution in [0.15, 0.2) is 30.3 Å². The van der Waals surface area contributed by atoms with Gasteiger partial charge in [-0.3, -0.25) is 0 Å². The highest BCUT2D eigenvalue weighted by atomic mass is 16.2. The van der Waals surface area contributed by atoms with E-state index in [4.69, 9.17) is 9.97 Å². The van der Waals surface area contributed by atoms with Gasteiger partial charge in [0.2, 0.25) is 0 Å². The number of benzene rings is 1. The number of amides is 2. The van der Waals surface area contributed by atoms with Gasteiger partial charge in [-0.25, -0.2) is 14.8 Å². The number of unbranched alkanes of at least 4 members (excludes halogenated alkanes) is 1. The number of hydrogen-bond donors (Lipinski definition) is 1. The van der Waals surface area contributed by atoms with Gasteiger partial charge in [0.05, 0.1) is 12.2 Å². The standard InChI is InChI=1S/C22H31N5O/c1-5-6-13-23-22(28)27-14-12-19-18(15-27)21(26(4)16(2)3)25-20(24-19)17-10-8-7-9-11-17/h7-11,16H,5-6,12-15H2,1-4H3,(H,23,28). The molecule has 2 heterocycles. The summed E-state index contributed by atoms with van der Waals surface area (Å²) in [4.78, 5) is 26.4. The maximum atomic E-state index is 12.5. The summed E-state index contributed by atoms with van der Waals surface area (Å²) in [7, 11) is 2.06. The van der Waals surface area contributed by atoms with E-state index < -0.39 is 0 Å². The monoisotopic (exact) mass is 381 g/mol. The molecule has 1 N–H and O–H groups in total. The molecule has 0 spiro atoms. The van der Waals surface area contributed by atoms with Crippen molar-refractivity contribution in [3.8, 4) is 11.4 Å². The molecule has 0 unspecified atom stereocenters. The normalized spacial score (nSPS) is 13.4. The molecule has 28 heavy (non-hydrogen) atoms. The third kappa shape index (κ3) is 4.43. The highest BCUT2D eigenvalue weighted by molar-refractivity contribution is 5.75. The van der Waals surface area contributed by atoms with E-state index in [1.54, 1.807) is 0 Å². The average Bonchev–Trinajstić information content (AvgIpc) is 2.72. The van der Waals surface area contributed by atoms with E-state index in [0.29, 0.717) is 19.1 Å². The summed E-state index contributed by atoms with van der Waals surface area (Å²) < 4.78 is 0. The van der Waals surface area contributed by atoms with E-state index in [-0.39, 0.29) is 6.03 Å². The van der Waals surface area contributed by atoms with Crippen LogP contribution in [-0.2, 0) is 13.0 Å². The van der Waals surface area contributed by atoms with E-state index in [9.17, 15) is 4.79 Å². The van der Waals surface area contributed by atoms with Crippen LogP contribution in [0.3, 0.4) is 0 Å². The predicted octanol–water partition coefficient (Wildman–Crippen LogP) is 3.86. The minimum Gasteiger partial charge on any atom is -0.357 e. The molecule has 3 rings (SSSR count). The molecule has 1 aliphatic heterocycles. The van der Waals surface area contributed by atoms with Crippen LogP contribution in [0.5, 0.6) is 0 Å². The van der Waals surface area contributed by atoms with Crippen molar-refractivity contribution in [2.75, 3.05) is 25.0 Å². The smallest absolute Gasteiger partial charge is 0.317 e. The van der Waals surface area contributed by atoms with Crippen molar-refractivity contribution in [1.29, 1.82) is 0 Å². The Morgan fingerprint density at radius 1 is 1.25 bits per heavy atom. The van der Waals surface area contributed by atoms with Crippen LogP contribution in [0.4, 0.5) is 10.6 Å². The lowest BCUT2D eigenvalue weighted by molar-refractivity contribution is 0.192. The molecule has 0 bridgehead atoms. The molecule has 0 fully saturated rings. The van der Waals surface area contributed by atoms with Crippen LogP contribution < -0.4 is 10.2 Å². The Morgan fingerprint density at radius 2 is 2.00 bits per heavy atom. The molecule has 1 aromatic heterocycles. The Labute approximate surface area is 168 Å². The number of fused-ring (bicyclic) bond motifs is 1. The number of nitrogens with zero attached hydrogens (tertiary/aromatic N) is 4. The summed E-state index contributed by atoms with van der Waals surface area (Å²) in [6.45, 7) is 8.37. The molecule has 0 atom stereocenters. The second kappa shape index (κ2) is 9.04. The number of urea groups is 1. The van der Waals surface area contributed by atoms with Crippen LogP contribution in [0, 0.1) is 0 Å². The molecule has 0 saturated heterocycles. The molecule has 6 nitrogen and oxygen atoms in total. The second-order valence-electron chi connectivity index (χ2n) is 7.62. The molecular weight excluding hydrogens is 350 g/mol. The molecule has 0 saturated carbocycles. The zero-order chi connectivity index (χ0) is 20.1. The largest absolute Gasteiger partial charge is 0.357 e. The quantitative estimate of drug-likeness (QED) is 0.772. The topological polar surface area (TPSA) is 61.4 Å². The van der Waals surface area contributed by atoms with Gasteiger partial charge in [-0.15, -0.1) is 0 Å². The predicted molar refractivity (Wildman–Crippen MR) is 113 cm³/mol. The van der Waals surface area contributed by atoms with E-state index in [1.807, 2.05) is 35.2 Å². The van der Waals surface area contributed by atoms with E-state index in [0.717, 1.165) is 54.3 Å². The Balaban J connectivity index is 1.93. The summed E-state index contributed by atoms with van der Waals surface area (Å²) in [5.74, 6) is 1.67. The van der Waals surface area contributed by atoms with Crippen LogP contribution in [0.1, 0.15) is 44.9 Å². The van der Waals surface area contributed by atoms with Crippen molar-refractivity contribution in [2.24, 2.45) is 0 Å². The number of aromatic nitrogens is 2. The number of nitrogens with one attached hydrogen (secondary N) is 1. The van der Waals surface area contributed by atoms with Crippen LogP contribution in [0.2, 0.25) is 0 Å². The number of carbonyl (C=O) groups excluding carboxylic acids is 1. The van der Waals surface area contributed by atoms with E-state index in [2.05, 4.69) is 38.0 Å². The molecular formula is C22H31N5O. The lowest BCUT2D eigenvalue weighted by Crippen LogP contribution is -2.44. The highest BCUT2D eigenvalue weighted by Gasteiger charge is 2.27. The molecule has 0 radical (unpaired) electrons. The first-order chi connectivity index (χ1) is 13.5. The van der Waals surface area contributed by atoms with Gasteiger partial charge in [-0.1, -0.05) is 43.7 Å². The van der Waals surface area contributed by atoms with Crippen molar-refractivity contribution in [1.82, 2.24) is 20.2 Å².